The highest BCUT2D eigenvalue weighted by atomic mass is 32.2. The van der Waals surface area contributed by atoms with E-state index in [2.05, 4.69) is 24.9 Å². The van der Waals surface area contributed by atoms with Gasteiger partial charge in [-0.3, -0.25) is 9.80 Å². The number of fused-ring (bicyclic) bond motifs is 1. The number of piperidine rings is 1. The third-order valence-electron chi connectivity index (χ3n) is 5.61. The van der Waals surface area contributed by atoms with E-state index in [1.54, 1.807) is 19.0 Å². The van der Waals surface area contributed by atoms with E-state index in [0.717, 1.165) is 19.6 Å². The lowest BCUT2D eigenvalue weighted by molar-refractivity contribution is 0.0152. The fraction of sp³-hybridized carbons (Fsp3) is 0.524. The molecule has 11 heteroatoms. The van der Waals surface area contributed by atoms with Gasteiger partial charge in [0.05, 0.1) is 0 Å². The largest absolute Gasteiger partial charge is 0.484 e. The number of hydrogen-bond acceptors (Lipinski definition) is 7. The van der Waals surface area contributed by atoms with Gasteiger partial charge in [0.25, 0.3) is 0 Å². The molecule has 3 aliphatic heterocycles. The zero-order chi connectivity index (χ0) is 22.7. The van der Waals surface area contributed by atoms with Gasteiger partial charge in [0.1, 0.15) is 13.2 Å². The summed E-state index contributed by atoms with van der Waals surface area (Å²) in [5.41, 5.74) is 1.18. The standard InChI is InChI=1S/C21H28N6O4S/c1-4-10-22-20-23-32(28,29)24-21(26(20)3)25(2)19-15-30-18-13-16(8-9-17(18)31-19)14-27-11-6-5-7-12-27/h1,8-9,13,19H,5-7,10-12,14-15H2,2-3H3,(H,22,23). The number of rotatable bonds is 4. The van der Waals surface area contributed by atoms with Crippen LogP contribution in [0.5, 0.6) is 11.5 Å². The molecule has 1 aromatic carbocycles. The minimum Gasteiger partial charge on any atom is -0.484 e. The molecule has 3 heterocycles. The number of terminal acetylenes is 1. The highest BCUT2D eigenvalue weighted by Crippen LogP contribution is 2.34. The van der Waals surface area contributed by atoms with E-state index in [0.29, 0.717) is 11.5 Å². The lowest BCUT2D eigenvalue weighted by Crippen LogP contribution is -2.58. The molecule has 10 nitrogen and oxygen atoms in total. The fourth-order valence-corrected chi connectivity index (χ4v) is 4.87. The van der Waals surface area contributed by atoms with E-state index >= 15 is 0 Å². The van der Waals surface area contributed by atoms with Crippen molar-refractivity contribution in [1.29, 1.82) is 0 Å². The van der Waals surface area contributed by atoms with Gasteiger partial charge in [-0.1, -0.05) is 18.4 Å². The van der Waals surface area contributed by atoms with Crippen molar-refractivity contribution in [3.63, 3.8) is 0 Å². The van der Waals surface area contributed by atoms with Crippen LogP contribution in [0.2, 0.25) is 0 Å². The van der Waals surface area contributed by atoms with E-state index in [9.17, 15) is 8.42 Å². The van der Waals surface area contributed by atoms with Crippen LogP contribution in [-0.2, 0) is 16.8 Å². The van der Waals surface area contributed by atoms with Gasteiger partial charge in [-0.15, -0.1) is 10.8 Å². The maximum atomic E-state index is 12.2. The van der Waals surface area contributed by atoms with Gasteiger partial charge in [0, 0.05) is 20.6 Å². The van der Waals surface area contributed by atoms with Gasteiger partial charge in [0.15, 0.2) is 11.5 Å². The van der Waals surface area contributed by atoms with Crippen molar-refractivity contribution < 1.29 is 17.9 Å². The van der Waals surface area contributed by atoms with Gasteiger partial charge in [-0.2, -0.15) is 8.42 Å². The number of ether oxygens (including phenoxy) is 2. The van der Waals surface area contributed by atoms with Crippen LogP contribution >= 0.6 is 0 Å². The molecule has 1 atom stereocenters. The van der Waals surface area contributed by atoms with Gasteiger partial charge >= 0.3 is 10.2 Å². The highest BCUT2D eigenvalue weighted by molar-refractivity contribution is 7.89. The second kappa shape index (κ2) is 9.26. The normalized spacial score (nSPS) is 23.8. The Morgan fingerprint density at radius 1 is 1.31 bits per heavy atom. The molecule has 1 unspecified atom stereocenters. The summed E-state index contributed by atoms with van der Waals surface area (Å²) >= 11 is 0. The zero-order valence-corrected chi connectivity index (χ0v) is 19.1. The Morgan fingerprint density at radius 3 is 2.84 bits per heavy atom. The van der Waals surface area contributed by atoms with Gasteiger partial charge in [-0.05, 0) is 43.6 Å². The second-order valence-electron chi connectivity index (χ2n) is 7.98. The van der Waals surface area contributed by atoms with Crippen molar-refractivity contribution >= 4 is 22.1 Å². The molecular weight excluding hydrogens is 432 g/mol. The van der Waals surface area contributed by atoms with Crippen molar-refractivity contribution in [3.8, 4) is 23.8 Å². The third kappa shape index (κ3) is 4.92. The molecule has 0 aromatic heterocycles. The average molecular weight is 461 g/mol. The van der Waals surface area contributed by atoms with Crippen LogP contribution in [0.4, 0.5) is 0 Å². The molecule has 0 bridgehead atoms. The first-order valence-corrected chi connectivity index (χ1v) is 12.0. The first-order valence-electron chi connectivity index (χ1n) is 10.6. The molecule has 0 saturated carbocycles. The maximum Gasteiger partial charge on any atom is 0.347 e. The number of nitrogens with zero attached hydrogens (tertiary/aromatic N) is 5. The van der Waals surface area contributed by atoms with Crippen molar-refractivity contribution in [2.75, 3.05) is 40.3 Å². The van der Waals surface area contributed by atoms with Crippen LogP contribution in [0.1, 0.15) is 24.8 Å². The SMILES string of the molecule is C#CCN=C1NS(=O)(=O)N=C(N(C)C2COc3cc(CN4CCCCC4)ccc3O2)N1C. The topological polar surface area (TPSA) is 99.1 Å². The van der Waals surface area contributed by atoms with Crippen LogP contribution in [0.15, 0.2) is 27.6 Å². The van der Waals surface area contributed by atoms with Crippen molar-refractivity contribution in [2.45, 2.75) is 32.0 Å². The van der Waals surface area contributed by atoms with E-state index < -0.39 is 16.4 Å². The van der Waals surface area contributed by atoms with Crippen LogP contribution in [-0.4, -0.2) is 81.6 Å². The molecular formula is C21H28N6O4S. The van der Waals surface area contributed by atoms with E-state index in [-0.39, 0.29) is 25.1 Å². The second-order valence-corrected chi connectivity index (χ2v) is 9.32. The summed E-state index contributed by atoms with van der Waals surface area (Å²) in [4.78, 5) is 9.66. The Balaban J connectivity index is 1.48. The van der Waals surface area contributed by atoms with E-state index in [4.69, 9.17) is 15.9 Å². The first-order chi connectivity index (χ1) is 15.4. The molecule has 172 valence electrons. The monoisotopic (exact) mass is 460 g/mol. The Bertz CT molecular complexity index is 1060. The van der Waals surface area contributed by atoms with Crippen LogP contribution in [0.3, 0.4) is 0 Å². The molecule has 0 radical (unpaired) electrons. The van der Waals surface area contributed by atoms with Crippen LogP contribution < -0.4 is 14.2 Å². The Morgan fingerprint density at radius 2 is 2.09 bits per heavy atom. The Labute approximate surface area is 189 Å². The summed E-state index contributed by atoms with van der Waals surface area (Å²) in [6.45, 7) is 3.40. The smallest absolute Gasteiger partial charge is 0.347 e. The molecule has 3 aliphatic rings. The molecule has 0 spiro atoms. The summed E-state index contributed by atoms with van der Waals surface area (Å²) in [6.07, 6.45) is 8.48. The number of hydrogen-bond donors (Lipinski definition) is 1. The number of guanidine groups is 2. The molecule has 0 aliphatic carbocycles. The number of likely N-dealkylation sites (tertiary alicyclic amines) is 1. The lowest BCUT2D eigenvalue weighted by Gasteiger charge is -2.38. The van der Waals surface area contributed by atoms with Gasteiger partial charge < -0.3 is 14.4 Å². The summed E-state index contributed by atoms with van der Waals surface area (Å²) < 4.78 is 42.6. The Hall–Kier alpha value is -2.97. The minimum absolute atomic E-state index is 0.0371. The molecule has 4 rings (SSSR count). The average Bonchev–Trinajstić information content (AvgIpc) is 2.79. The minimum atomic E-state index is -3.95. The predicted octanol–water partition coefficient (Wildman–Crippen LogP) is 0.827. The van der Waals surface area contributed by atoms with Gasteiger partial charge in [0.2, 0.25) is 18.1 Å². The van der Waals surface area contributed by atoms with E-state index in [1.165, 1.54) is 29.7 Å². The predicted molar refractivity (Wildman–Crippen MR) is 122 cm³/mol. The number of benzene rings is 1. The Kier molecular flexibility index (Phi) is 6.43. The number of likely N-dealkylation sites (N-methyl/N-ethyl adjacent to an activating group) is 1. The summed E-state index contributed by atoms with van der Waals surface area (Å²) in [6, 6.07) is 5.96. The summed E-state index contributed by atoms with van der Waals surface area (Å²) in [7, 11) is -0.611. The fourth-order valence-electron chi connectivity index (χ4n) is 3.93. The summed E-state index contributed by atoms with van der Waals surface area (Å²) in [5, 5.41) is 0. The quantitative estimate of drug-likeness (QED) is 0.665. The third-order valence-corrected chi connectivity index (χ3v) is 6.46. The van der Waals surface area contributed by atoms with Crippen molar-refractivity contribution in [1.82, 2.24) is 19.4 Å². The highest BCUT2D eigenvalue weighted by Gasteiger charge is 2.34. The molecule has 1 saturated heterocycles. The molecule has 0 amide bonds. The molecule has 1 aromatic rings. The maximum absolute atomic E-state index is 12.2. The van der Waals surface area contributed by atoms with Crippen molar-refractivity contribution in [3.05, 3.63) is 23.8 Å². The number of nitrogens with one attached hydrogen (secondary N) is 1. The molecule has 32 heavy (non-hydrogen) atoms. The number of aliphatic imine (C=N–C) groups is 1. The van der Waals surface area contributed by atoms with Crippen LogP contribution in [0, 0.1) is 12.3 Å². The summed E-state index contributed by atoms with van der Waals surface area (Å²) in [5.74, 6) is 3.91. The lowest BCUT2D eigenvalue weighted by atomic mass is 10.1. The van der Waals surface area contributed by atoms with Crippen molar-refractivity contribution in [2.24, 2.45) is 9.39 Å². The zero-order valence-electron chi connectivity index (χ0n) is 18.3. The van der Waals surface area contributed by atoms with Crippen LogP contribution in [0.25, 0.3) is 0 Å². The van der Waals surface area contributed by atoms with Gasteiger partial charge in [-0.25, -0.2) is 9.71 Å². The van der Waals surface area contributed by atoms with E-state index in [1.807, 2.05) is 18.2 Å². The first kappa shape index (κ1) is 22.2. The molecule has 1 N–H and O–H groups in total. The molecule has 1 fully saturated rings.